The maximum absolute atomic E-state index is 13.4. The number of ether oxygens (including phenoxy) is 1. The van der Waals surface area contributed by atoms with Crippen LogP contribution in [-0.2, 0) is 11.3 Å². The third-order valence-corrected chi connectivity index (χ3v) is 5.35. The highest BCUT2D eigenvalue weighted by Gasteiger charge is 2.26. The van der Waals surface area contributed by atoms with Crippen molar-refractivity contribution in [2.75, 3.05) is 7.11 Å². The number of esters is 1. The molecule has 9 nitrogen and oxygen atoms in total. The van der Waals surface area contributed by atoms with E-state index in [1.807, 2.05) is 6.07 Å². The van der Waals surface area contributed by atoms with Crippen LogP contribution < -0.4 is 5.56 Å². The van der Waals surface area contributed by atoms with Crippen LogP contribution in [0.3, 0.4) is 0 Å². The highest BCUT2D eigenvalue weighted by molar-refractivity contribution is 6.01. The van der Waals surface area contributed by atoms with E-state index in [0.717, 1.165) is 4.68 Å². The van der Waals surface area contributed by atoms with E-state index >= 15 is 0 Å². The minimum atomic E-state index is -0.857. The average Bonchev–Trinajstić information content (AvgIpc) is 2.90. The maximum atomic E-state index is 13.4. The molecule has 1 aromatic heterocycles. The lowest BCUT2D eigenvalue weighted by atomic mass is 9.95. The number of benzene rings is 3. The second-order valence-electron chi connectivity index (χ2n) is 7.51. The van der Waals surface area contributed by atoms with Crippen LogP contribution in [0.25, 0.3) is 22.4 Å². The molecule has 0 unspecified atom stereocenters. The average molecular weight is 469 g/mol. The zero-order valence-corrected chi connectivity index (χ0v) is 18.6. The normalized spacial score (nSPS) is 10.5. The number of methoxy groups -OCH3 is 1. The van der Waals surface area contributed by atoms with Crippen molar-refractivity contribution in [1.82, 2.24) is 9.78 Å². The van der Waals surface area contributed by atoms with Gasteiger partial charge in [-0.1, -0.05) is 60.7 Å². The van der Waals surface area contributed by atoms with E-state index in [0.29, 0.717) is 22.4 Å². The number of hydrogen-bond donors (Lipinski definition) is 0. The Kier molecular flexibility index (Phi) is 6.59. The number of Topliss-reactive ketones (excluding diaryl/α,β-unsaturated/α-hetero) is 1. The lowest BCUT2D eigenvalue weighted by Crippen LogP contribution is -2.33. The summed E-state index contributed by atoms with van der Waals surface area (Å²) in [6.45, 7) is -0.477. The Bertz CT molecular complexity index is 1460. The van der Waals surface area contributed by atoms with Gasteiger partial charge in [0.15, 0.2) is 5.78 Å². The van der Waals surface area contributed by atoms with Gasteiger partial charge in [0.2, 0.25) is 0 Å². The quantitative estimate of drug-likeness (QED) is 0.172. The molecule has 0 aliphatic carbocycles. The van der Waals surface area contributed by atoms with Gasteiger partial charge in [-0.05, 0) is 17.7 Å². The number of non-ortho nitro benzene ring substituents is 1. The zero-order chi connectivity index (χ0) is 24.9. The van der Waals surface area contributed by atoms with Gasteiger partial charge in [0.25, 0.3) is 11.2 Å². The predicted molar refractivity (Wildman–Crippen MR) is 128 cm³/mol. The number of hydrogen-bond acceptors (Lipinski definition) is 7. The lowest BCUT2D eigenvalue weighted by molar-refractivity contribution is -0.384. The first-order chi connectivity index (χ1) is 16.9. The first kappa shape index (κ1) is 23.2. The van der Waals surface area contributed by atoms with Crippen molar-refractivity contribution in [1.29, 1.82) is 0 Å². The van der Waals surface area contributed by atoms with Crippen LogP contribution in [0.1, 0.15) is 20.7 Å². The van der Waals surface area contributed by atoms with Crippen molar-refractivity contribution >= 4 is 17.4 Å². The van der Waals surface area contributed by atoms with Crippen LogP contribution in [0.5, 0.6) is 0 Å². The molecule has 0 amide bonds. The molecule has 1 heterocycles. The summed E-state index contributed by atoms with van der Waals surface area (Å²) >= 11 is 0. The van der Waals surface area contributed by atoms with Crippen LogP contribution in [0, 0.1) is 10.1 Å². The highest BCUT2D eigenvalue weighted by atomic mass is 16.6. The van der Waals surface area contributed by atoms with Gasteiger partial charge in [0.05, 0.1) is 17.7 Å². The van der Waals surface area contributed by atoms with Gasteiger partial charge in [-0.15, -0.1) is 0 Å². The first-order valence-electron chi connectivity index (χ1n) is 10.5. The Labute approximate surface area is 199 Å². The van der Waals surface area contributed by atoms with Gasteiger partial charge < -0.3 is 4.74 Å². The fourth-order valence-electron chi connectivity index (χ4n) is 3.65. The second-order valence-corrected chi connectivity index (χ2v) is 7.51. The molecule has 0 atom stereocenters. The Morgan fingerprint density at radius 3 is 2.03 bits per heavy atom. The van der Waals surface area contributed by atoms with Gasteiger partial charge in [0.1, 0.15) is 12.1 Å². The van der Waals surface area contributed by atoms with E-state index in [-0.39, 0.29) is 16.8 Å². The molecule has 0 saturated carbocycles. The summed E-state index contributed by atoms with van der Waals surface area (Å²) in [5.41, 5.74) is 0.814. The predicted octanol–water partition coefficient (Wildman–Crippen LogP) is 4.16. The van der Waals surface area contributed by atoms with Gasteiger partial charge in [-0.25, -0.2) is 9.48 Å². The molecule has 4 rings (SSSR count). The molecular formula is C26H19N3O6. The summed E-state index contributed by atoms with van der Waals surface area (Å²) in [5.74, 6) is -1.36. The summed E-state index contributed by atoms with van der Waals surface area (Å²) in [6, 6.07) is 22.9. The van der Waals surface area contributed by atoms with Crippen molar-refractivity contribution in [2.45, 2.75) is 6.54 Å². The molecule has 0 bridgehead atoms. The fraction of sp³-hybridized carbons (Fsp3) is 0.0769. The van der Waals surface area contributed by atoms with Crippen molar-refractivity contribution < 1.29 is 19.2 Å². The number of nitro benzene ring substituents is 1. The van der Waals surface area contributed by atoms with Gasteiger partial charge in [0, 0.05) is 28.8 Å². The molecule has 3 aromatic carbocycles. The van der Waals surface area contributed by atoms with Gasteiger partial charge >= 0.3 is 5.97 Å². The first-order valence-corrected chi connectivity index (χ1v) is 10.5. The van der Waals surface area contributed by atoms with Crippen molar-refractivity contribution in [2.24, 2.45) is 0 Å². The summed E-state index contributed by atoms with van der Waals surface area (Å²) < 4.78 is 5.84. The summed E-state index contributed by atoms with van der Waals surface area (Å²) in [7, 11) is 1.17. The zero-order valence-electron chi connectivity index (χ0n) is 18.6. The molecule has 9 heteroatoms. The third-order valence-electron chi connectivity index (χ3n) is 5.35. The fourth-order valence-corrected chi connectivity index (χ4v) is 3.65. The molecule has 0 N–H and O–H groups in total. The summed E-state index contributed by atoms with van der Waals surface area (Å²) in [6.07, 6.45) is 0. The number of rotatable bonds is 7. The van der Waals surface area contributed by atoms with Gasteiger partial charge in [-0.3, -0.25) is 19.7 Å². The summed E-state index contributed by atoms with van der Waals surface area (Å²) in [4.78, 5) is 49.5. The number of ketones is 1. The van der Waals surface area contributed by atoms with E-state index in [9.17, 15) is 24.5 Å². The molecule has 0 saturated heterocycles. The van der Waals surface area contributed by atoms with Crippen LogP contribution >= 0.6 is 0 Å². The molecule has 0 radical (unpaired) electrons. The lowest BCUT2D eigenvalue weighted by Gasteiger charge is -2.16. The standard InChI is InChI=1S/C26H19N3O6/c1-35-26(32)23-22(18-8-4-2-5-9-18)24(19-10-6-3-7-11-19)27-28(25(23)31)16-21(30)17-12-14-20(15-13-17)29(33)34/h2-15H,16H2,1H3. The topological polar surface area (TPSA) is 121 Å². The monoisotopic (exact) mass is 469 g/mol. The number of carbonyl (C=O) groups excluding carboxylic acids is 2. The molecule has 35 heavy (non-hydrogen) atoms. The van der Waals surface area contributed by atoms with E-state index in [1.54, 1.807) is 54.6 Å². The summed E-state index contributed by atoms with van der Waals surface area (Å²) in [5, 5.41) is 15.4. The van der Waals surface area contributed by atoms with Crippen LogP contribution in [0.2, 0.25) is 0 Å². The largest absolute Gasteiger partial charge is 0.465 e. The number of carbonyl (C=O) groups is 2. The van der Waals surface area contributed by atoms with Crippen LogP contribution in [0.15, 0.2) is 89.7 Å². The van der Waals surface area contributed by atoms with E-state index in [1.165, 1.54) is 31.4 Å². The Balaban J connectivity index is 1.90. The molecular weight excluding hydrogens is 450 g/mol. The Morgan fingerprint density at radius 1 is 0.914 bits per heavy atom. The Morgan fingerprint density at radius 2 is 1.49 bits per heavy atom. The number of aromatic nitrogens is 2. The molecule has 0 aliphatic rings. The van der Waals surface area contributed by atoms with Gasteiger partial charge in [-0.2, -0.15) is 5.10 Å². The number of nitrogens with zero attached hydrogens (tertiary/aromatic N) is 3. The van der Waals surface area contributed by atoms with E-state index < -0.39 is 28.8 Å². The minimum absolute atomic E-state index is 0.164. The highest BCUT2D eigenvalue weighted by Crippen LogP contribution is 2.32. The second kappa shape index (κ2) is 9.92. The smallest absolute Gasteiger partial charge is 0.344 e. The van der Waals surface area contributed by atoms with Crippen molar-refractivity contribution in [3.63, 3.8) is 0 Å². The molecule has 0 fully saturated rings. The van der Waals surface area contributed by atoms with Crippen LogP contribution in [-0.4, -0.2) is 33.6 Å². The minimum Gasteiger partial charge on any atom is -0.465 e. The number of nitro groups is 1. The molecule has 174 valence electrons. The third kappa shape index (κ3) is 4.74. The SMILES string of the molecule is COC(=O)c1c(-c2ccccc2)c(-c2ccccc2)nn(CC(=O)c2ccc([N+](=O)[O-])cc2)c1=O. The molecule has 0 spiro atoms. The Hall–Kier alpha value is -4.92. The van der Waals surface area contributed by atoms with E-state index in [4.69, 9.17) is 4.74 Å². The van der Waals surface area contributed by atoms with E-state index in [2.05, 4.69) is 5.10 Å². The van der Waals surface area contributed by atoms with Crippen LogP contribution in [0.4, 0.5) is 5.69 Å². The maximum Gasteiger partial charge on any atom is 0.344 e. The molecule has 0 aliphatic heterocycles. The van der Waals surface area contributed by atoms with Crippen molar-refractivity contribution in [3.8, 4) is 22.4 Å². The molecule has 4 aromatic rings. The van der Waals surface area contributed by atoms with Crippen molar-refractivity contribution in [3.05, 3.63) is 117 Å².